The number of piperidine rings is 1. The smallest absolute Gasteiger partial charge is 0.227 e. The second-order valence-corrected chi connectivity index (χ2v) is 5.39. The van der Waals surface area contributed by atoms with Crippen molar-refractivity contribution < 1.29 is 4.79 Å². The van der Waals surface area contributed by atoms with Crippen LogP contribution >= 0.6 is 0 Å². The van der Waals surface area contributed by atoms with E-state index >= 15 is 0 Å². The zero-order valence-corrected chi connectivity index (χ0v) is 11.1. The molecular formula is C15H19N3O. The van der Waals surface area contributed by atoms with Gasteiger partial charge in [-0.2, -0.15) is 0 Å². The molecule has 3 rings (SSSR count). The lowest BCUT2D eigenvalue weighted by molar-refractivity contribution is -0.116. The highest BCUT2D eigenvalue weighted by atomic mass is 16.2. The standard InChI is InChI=1S/C15H19N3O/c1-11(19)18-9-6-15(4-7-17-8-5-15)13-3-2-12(16)10-14(13)18/h2-3,6,9-10,17H,4-5,7-8,16H2,1H3. The number of nitrogens with zero attached hydrogens (tertiary/aromatic N) is 1. The first-order chi connectivity index (χ1) is 9.12. The molecule has 0 aromatic heterocycles. The van der Waals surface area contributed by atoms with E-state index in [4.69, 9.17) is 5.73 Å². The molecule has 1 aromatic rings. The molecule has 0 bridgehead atoms. The van der Waals surface area contributed by atoms with Crippen LogP contribution in [-0.2, 0) is 10.2 Å². The Morgan fingerprint density at radius 1 is 1.37 bits per heavy atom. The van der Waals surface area contributed by atoms with E-state index in [0.717, 1.165) is 31.6 Å². The molecular weight excluding hydrogens is 238 g/mol. The molecule has 4 heteroatoms. The average molecular weight is 257 g/mol. The van der Waals surface area contributed by atoms with E-state index in [0.29, 0.717) is 5.69 Å². The van der Waals surface area contributed by atoms with Crippen LogP contribution in [0.5, 0.6) is 0 Å². The number of carbonyl (C=O) groups is 1. The molecule has 100 valence electrons. The number of nitrogens with one attached hydrogen (secondary N) is 1. The van der Waals surface area contributed by atoms with Crippen molar-refractivity contribution in [3.63, 3.8) is 0 Å². The predicted molar refractivity (Wildman–Crippen MR) is 76.9 cm³/mol. The number of benzene rings is 1. The molecule has 2 heterocycles. The van der Waals surface area contributed by atoms with Gasteiger partial charge in [-0.1, -0.05) is 12.1 Å². The number of nitrogens with two attached hydrogens (primary N) is 1. The number of allylic oxidation sites excluding steroid dienone is 1. The summed E-state index contributed by atoms with van der Waals surface area (Å²) in [6, 6.07) is 5.92. The van der Waals surface area contributed by atoms with Crippen LogP contribution in [-0.4, -0.2) is 19.0 Å². The first kappa shape index (κ1) is 12.2. The summed E-state index contributed by atoms with van der Waals surface area (Å²) in [7, 11) is 0. The molecule has 3 N–H and O–H groups in total. The highest BCUT2D eigenvalue weighted by Gasteiger charge is 2.37. The normalized spacial score (nSPS) is 20.4. The number of anilines is 2. The zero-order chi connectivity index (χ0) is 13.5. The summed E-state index contributed by atoms with van der Waals surface area (Å²) < 4.78 is 0. The van der Waals surface area contributed by atoms with Crippen molar-refractivity contribution in [2.24, 2.45) is 0 Å². The molecule has 2 aliphatic rings. The van der Waals surface area contributed by atoms with Crippen molar-refractivity contribution in [3.8, 4) is 0 Å². The van der Waals surface area contributed by atoms with E-state index in [9.17, 15) is 4.79 Å². The van der Waals surface area contributed by atoms with Crippen molar-refractivity contribution in [3.05, 3.63) is 36.0 Å². The van der Waals surface area contributed by atoms with Crippen molar-refractivity contribution in [1.29, 1.82) is 0 Å². The Hall–Kier alpha value is -1.81. The second-order valence-electron chi connectivity index (χ2n) is 5.39. The van der Waals surface area contributed by atoms with Crippen LogP contribution in [0.3, 0.4) is 0 Å². The van der Waals surface area contributed by atoms with Gasteiger partial charge in [0.25, 0.3) is 0 Å². The zero-order valence-electron chi connectivity index (χ0n) is 11.1. The maximum atomic E-state index is 11.8. The molecule has 0 atom stereocenters. The fourth-order valence-corrected chi connectivity index (χ4v) is 3.14. The highest BCUT2D eigenvalue weighted by Crippen LogP contribution is 2.44. The van der Waals surface area contributed by atoms with Gasteiger partial charge in [0.1, 0.15) is 0 Å². The second kappa shape index (κ2) is 4.38. The first-order valence-corrected chi connectivity index (χ1v) is 6.72. The Balaban J connectivity index is 2.14. The van der Waals surface area contributed by atoms with Gasteiger partial charge >= 0.3 is 0 Å². The summed E-state index contributed by atoms with van der Waals surface area (Å²) in [6.45, 7) is 3.60. The fourth-order valence-electron chi connectivity index (χ4n) is 3.14. The minimum absolute atomic E-state index is 0.0203. The quantitative estimate of drug-likeness (QED) is 0.696. The van der Waals surface area contributed by atoms with Gasteiger partial charge in [-0.3, -0.25) is 9.69 Å². The third-order valence-corrected chi connectivity index (χ3v) is 4.20. The van der Waals surface area contributed by atoms with Gasteiger partial charge in [0.2, 0.25) is 5.91 Å². The Morgan fingerprint density at radius 2 is 2.11 bits per heavy atom. The molecule has 2 aliphatic heterocycles. The summed E-state index contributed by atoms with van der Waals surface area (Å²) in [5.41, 5.74) is 8.81. The van der Waals surface area contributed by atoms with E-state index in [1.54, 1.807) is 11.8 Å². The van der Waals surface area contributed by atoms with Crippen molar-refractivity contribution in [2.75, 3.05) is 23.7 Å². The van der Waals surface area contributed by atoms with Crippen LogP contribution in [0.25, 0.3) is 0 Å². The van der Waals surface area contributed by atoms with Gasteiger partial charge in [-0.15, -0.1) is 0 Å². The van der Waals surface area contributed by atoms with Gasteiger partial charge in [-0.05, 0) is 43.6 Å². The number of amides is 1. The van der Waals surface area contributed by atoms with Crippen molar-refractivity contribution in [2.45, 2.75) is 25.2 Å². The number of hydrogen-bond donors (Lipinski definition) is 2. The molecule has 4 nitrogen and oxygen atoms in total. The number of nitrogen functional groups attached to an aromatic ring is 1. The lowest BCUT2D eigenvalue weighted by atomic mass is 9.71. The molecule has 1 amide bonds. The fraction of sp³-hybridized carbons (Fsp3) is 0.400. The first-order valence-electron chi connectivity index (χ1n) is 6.72. The van der Waals surface area contributed by atoms with Gasteiger partial charge < -0.3 is 11.1 Å². The van der Waals surface area contributed by atoms with Gasteiger partial charge in [0, 0.05) is 24.2 Å². The van der Waals surface area contributed by atoms with Crippen LogP contribution < -0.4 is 16.0 Å². The Bertz CT molecular complexity index is 544. The maximum absolute atomic E-state index is 11.8. The average Bonchev–Trinajstić information content (AvgIpc) is 2.39. The molecule has 1 aromatic carbocycles. The lowest BCUT2D eigenvalue weighted by Crippen LogP contribution is -2.42. The molecule has 1 saturated heterocycles. The Kier molecular flexibility index (Phi) is 2.82. The van der Waals surface area contributed by atoms with Gasteiger partial charge in [0.05, 0.1) is 5.69 Å². The topological polar surface area (TPSA) is 58.4 Å². The lowest BCUT2D eigenvalue weighted by Gasteiger charge is -2.41. The van der Waals surface area contributed by atoms with Crippen LogP contribution in [0.2, 0.25) is 0 Å². The monoisotopic (exact) mass is 257 g/mol. The SMILES string of the molecule is CC(=O)N1C=CC2(CCNCC2)c2ccc(N)cc21. The summed E-state index contributed by atoms with van der Waals surface area (Å²) in [5, 5.41) is 3.39. The van der Waals surface area contributed by atoms with Crippen LogP contribution in [0.4, 0.5) is 11.4 Å². The van der Waals surface area contributed by atoms with Gasteiger partial charge in [-0.25, -0.2) is 0 Å². The highest BCUT2D eigenvalue weighted by molar-refractivity contribution is 5.96. The summed E-state index contributed by atoms with van der Waals surface area (Å²) >= 11 is 0. The van der Waals surface area contributed by atoms with E-state index in [1.165, 1.54) is 5.56 Å². The number of carbonyl (C=O) groups excluding carboxylic acids is 1. The minimum Gasteiger partial charge on any atom is -0.399 e. The molecule has 1 fully saturated rings. The van der Waals surface area contributed by atoms with E-state index < -0.39 is 0 Å². The third-order valence-electron chi connectivity index (χ3n) is 4.20. The summed E-state index contributed by atoms with van der Waals surface area (Å²) in [4.78, 5) is 13.5. The van der Waals surface area contributed by atoms with Gasteiger partial charge in [0.15, 0.2) is 0 Å². The van der Waals surface area contributed by atoms with Crippen LogP contribution in [0.15, 0.2) is 30.5 Å². The van der Waals surface area contributed by atoms with Crippen molar-refractivity contribution >= 4 is 17.3 Å². The van der Waals surface area contributed by atoms with E-state index in [-0.39, 0.29) is 11.3 Å². The Morgan fingerprint density at radius 3 is 2.79 bits per heavy atom. The third kappa shape index (κ3) is 1.92. The van der Waals surface area contributed by atoms with E-state index in [1.807, 2.05) is 18.3 Å². The predicted octanol–water partition coefficient (Wildman–Crippen LogP) is 1.77. The molecule has 0 saturated carbocycles. The number of rotatable bonds is 0. The molecule has 0 radical (unpaired) electrons. The Labute approximate surface area is 113 Å². The number of fused-ring (bicyclic) bond motifs is 2. The largest absolute Gasteiger partial charge is 0.399 e. The van der Waals surface area contributed by atoms with Crippen molar-refractivity contribution in [1.82, 2.24) is 5.32 Å². The summed E-state index contributed by atoms with van der Waals surface area (Å²) in [6.07, 6.45) is 6.22. The molecule has 0 unspecified atom stereocenters. The maximum Gasteiger partial charge on any atom is 0.227 e. The summed E-state index contributed by atoms with van der Waals surface area (Å²) in [5.74, 6) is 0.0203. The molecule has 1 spiro atoms. The van der Waals surface area contributed by atoms with Crippen LogP contribution in [0.1, 0.15) is 25.3 Å². The van der Waals surface area contributed by atoms with E-state index in [2.05, 4.69) is 17.5 Å². The molecule has 19 heavy (non-hydrogen) atoms. The minimum atomic E-state index is 0.0203. The molecule has 0 aliphatic carbocycles. The number of hydrogen-bond acceptors (Lipinski definition) is 3. The van der Waals surface area contributed by atoms with Crippen LogP contribution in [0, 0.1) is 0 Å².